The van der Waals surface area contributed by atoms with Crippen LogP contribution in [0.25, 0.3) is 10.9 Å². The molecule has 1 aromatic carbocycles. The number of carbonyl (C=O) groups is 1. The van der Waals surface area contributed by atoms with Gasteiger partial charge < -0.3 is 14.0 Å². The summed E-state index contributed by atoms with van der Waals surface area (Å²) >= 11 is 1.84. The summed E-state index contributed by atoms with van der Waals surface area (Å²) in [4.78, 5) is 14.3. The van der Waals surface area contributed by atoms with Crippen LogP contribution in [0.4, 0.5) is 0 Å². The lowest BCUT2D eigenvalue weighted by atomic mass is 9.88. The van der Waals surface area contributed by atoms with Crippen LogP contribution in [-0.4, -0.2) is 29.0 Å². The van der Waals surface area contributed by atoms with Gasteiger partial charge in [-0.15, -0.1) is 11.8 Å². The van der Waals surface area contributed by atoms with Gasteiger partial charge >= 0.3 is 5.97 Å². The van der Waals surface area contributed by atoms with Gasteiger partial charge in [0.25, 0.3) is 0 Å². The average Bonchev–Trinajstić information content (AvgIpc) is 3.24. The summed E-state index contributed by atoms with van der Waals surface area (Å²) in [6.07, 6.45) is 4.57. The zero-order chi connectivity index (χ0) is 20.5. The van der Waals surface area contributed by atoms with Crippen molar-refractivity contribution in [3.63, 3.8) is 0 Å². The number of esters is 1. The van der Waals surface area contributed by atoms with Crippen LogP contribution >= 0.6 is 11.8 Å². The molecule has 0 saturated heterocycles. The van der Waals surface area contributed by atoms with Crippen molar-refractivity contribution in [3.05, 3.63) is 23.9 Å². The van der Waals surface area contributed by atoms with Crippen molar-refractivity contribution in [2.24, 2.45) is 13.0 Å². The molecule has 5 heteroatoms. The van der Waals surface area contributed by atoms with Crippen molar-refractivity contribution < 1.29 is 14.3 Å². The third-order valence-electron chi connectivity index (χ3n) is 5.52. The van der Waals surface area contributed by atoms with Crippen molar-refractivity contribution in [1.29, 1.82) is 0 Å². The maximum absolute atomic E-state index is 13.1. The molecule has 1 saturated carbocycles. The third-order valence-corrected chi connectivity index (χ3v) is 6.76. The normalized spacial score (nSPS) is 16.5. The first-order valence-electron chi connectivity index (χ1n) is 10.3. The van der Waals surface area contributed by atoms with E-state index in [-0.39, 0.29) is 16.6 Å². The molecule has 28 heavy (non-hydrogen) atoms. The van der Waals surface area contributed by atoms with Gasteiger partial charge in [-0.2, -0.15) is 0 Å². The van der Waals surface area contributed by atoms with Crippen LogP contribution in [0.3, 0.4) is 0 Å². The molecule has 0 bridgehead atoms. The molecule has 1 aromatic heterocycles. The smallest absolute Gasteiger partial charge is 0.315 e. The minimum absolute atomic E-state index is 0.0288. The predicted molar refractivity (Wildman–Crippen MR) is 116 cm³/mol. The van der Waals surface area contributed by atoms with Crippen LogP contribution in [0.2, 0.25) is 0 Å². The fourth-order valence-electron chi connectivity index (χ4n) is 4.35. The minimum atomic E-state index is -0.212. The second kappa shape index (κ2) is 8.40. The van der Waals surface area contributed by atoms with Crippen molar-refractivity contribution in [2.45, 2.75) is 68.9 Å². The van der Waals surface area contributed by atoms with E-state index in [0.717, 1.165) is 35.2 Å². The molecule has 1 heterocycles. The summed E-state index contributed by atoms with van der Waals surface area (Å²) in [5.41, 5.74) is 2.24. The molecule has 0 radical (unpaired) electrons. The van der Waals surface area contributed by atoms with Gasteiger partial charge in [-0.05, 0) is 43.9 Å². The van der Waals surface area contributed by atoms with E-state index in [1.165, 1.54) is 17.7 Å². The van der Waals surface area contributed by atoms with Crippen LogP contribution in [0.5, 0.6) is 5.75 Å². The zero-order valence-corrected chi connectivity index (χ0v) is 18.8. The number of aromatic nitrogens is 1. The van der Waals surface area contributed by atoms with Crippen LogP contribution in [0, 0.1) is 5.92 Å². The molecule has 0 amide bonds. The first-order valence-corrected chi connectivity index (χ1v) is 11.1. The van der Waals surface area contributed by atoms with E-state index in [1.807, 2.05) is 24.8 Å². The van der Waals surface area contributed by atoms with E-state index in [0.29, 0.717) is 12.5 Å². The quantitative estimate of drug-likeness (QED) is 0.444. The molecular formula is C23H33NO3S. The Morgan fingerprint density at radius 3 is 2.54 bits per heavy atom. The van der Waals surface area contributed by atoms with Gasteiger partial charge in [0.05, 0.1) is 13.7 Å². The number of hydrogen-bond donors (Lipinski definition) is 0. The number of aryl methyl sites for hydroxylation is 1. The van der Waals surface area contributed by atoms with E-state index < -0.39 is 0 Å². The molecule has 2 aromatic rings. The van der Waals surface area contributed by atoms with Gasteiger partial charge in [0.15, 0.2) is 0 Å². The Labute approximate surface area is 173 Å². The maximum Gasteiger partial charge on any atom is 0.315 e. The summed E-state index contributed by atoms with van der Waals surface area (Å²) in [5.74, 6) is 0.899. The van der Waals surface area contributed by atoms with Gasteiger partial charge in [0.1, 0.15) is 11.7 Å². The SMILES string of the molecule is CCOC(=O)C(c1c(SC(C)(C)C)c2cc(OC)ccc2n1C)C1CCCC1. The summed E-state index contributed by atoms with van der Waals surface area (Å²) in [5, 5.41) is 1.16. The van der Waals surface area contributed by atoms with E-state index in [2.05, 4.69) is 44.5 Å². The monoisotopic (exact) mass is 403 g/mol. The van der Waals surface area contributed by atoms with Gasteiger partial charge in [-0.25, -0.2) is 0 Å². The first kappa shape index (κ1) is 21.1. The minimum Gasteiger partial charge on any atom is -0.497 e. The number of methoxy groups -OCH3 is 1. The lowest BCUT2D eigenvalue weighted by Gasteiger charge is -2.26. The molecule has 1 fully saturated rings. The standard InChI is InChI=1S/C23H33NO3S/c1-7-27-22(25)19(15-10-8-9-11-15)20-21(28-23(2,3)4)17-14-16(26-6)12-13-18(17)24(20)5/h12-15,19H,7-11H2,1-6H3. The maximum atomic E-state index is 13.1. The van der Waals surface area contributed by atoms with Crippen molar-refractivity contribution in [3.8, 4) is 5.75 Å². The molecule has 0 aliphatic heterocycles. The van der Waals surface area contributed by atoms with E-state index in [9.17, 15) is 4.79 Å². The molecule has 0 N–H and O–H groups in total. The highest BCUT2D eigenvalue weighted by atomic mass is 32.2. The number of thioether (sulfide) groups is 1. The molecule has 154 valence electrons. The number of ether oxygens (including phenoxy) is 2. The highest BCUT2D eigenvalue weighted by Gasteiger charge is 2.38. The molecule has 0 spiro atoms. The second-order valence-electron chi connectivity index (χ2n) is 8.65. The Bertz CT molecular complexity index is 844. The van der Waals surface area contributed by atoms with Crippen molar-refractivity contribution in [1.82, 2.24) is 4.57 Å². The average molecular weight is 404 g/mol. The highest BCUT2D eigenvalue weighted by molar-refractivity contribution is 8.00. The third kappa shape index (κ3) is 4.19. The summed E-state index contributed by atoms with van der Waals surface area (Å²) in [7, 11) is 3.78. The lowest BCUT2D eigenvalue weighted by molar-refractivity contribution is -0.146. The van der Waals surface area contributed by atoms with Crippen LogP contribution in [-0.2, 0) is 16.6 Å². The Kier molecular flexibility index (Phi) is 6.33. The molecular weight excluding hydrogens is 370 g/mol. The van der Waals surface area contributed by atoms with E-state index >= 15 is 0 Å². The Morgan fingerprint density at radius 1 is 1.29 bits per heavy atom. The summed E-state index contributed by atoms with van der Waals surface area (Å²) < 4.78 is 13.3. The number of fused-ring (bicyclic) bond motifs is 1. The fraction of sp³-hybridized carbons (Fsp3) is 0.609. The molecule has 1 atom stereocenters. The number of rotatable bonds is 6. The van der Waals surface area contributed by atoms with Gasteiger partial charge in [0, 0.05) is 33.3 Å². The molecule has 4 nitrogen and oxygen atoms in total. The summed E-state index contributed by atoms with van der Waals surface area (Å²) in [6.45, 7) is 8.96. The largest absolute Gasteiger partial charge is 0.497 e. The van der Waals surface area contributed by atoms with Gasteiger partial charge in [0.2, 0.25) is 0 Å². The van der Waals surface area contributed by atoms with Gasteiger partial charge in [-0.1, -0.05) is 33.6 Å². The zero-order valence-electron chi connectivity index (χ0n) is 18.0. The number of benzene rings is 1. The van der Waals surface area contributed by atoms with Crippen LogP contribution in [0.1, 0.15) is 65.0 Å². The predicted octanol–water partition coefficient (Wildman–Crippen LogP) is 5.91. The van der Waals surface area contributed by atoms with Gasteiger partial charge in [-0.3, -0.25) is 4.79 Å². The molecule has 1 aliphatic carbocycles. The summed E-state index contributed by atoms with van der Waals surface area (Å²) in [6, 6.07) is 6.19. The topological polar surface area (TPSA) is 40.5 Å². The molecule has 3 rings (SSSR count). The van der Waals surface area contributed by atoms with Crippen molar-refractivity contribution >= 4 is 28.6 Å². The van der Waals surface area contributed by atoms with E-state index in [4.69, 9.17) is 9.47 Å². The lowest BCUT2D eigenvalue weighted by Crippen LogP contribution is -2.25. The van der Waals surface area contributed by atoms with E-state index in [1.54, 1.807) is 7.11 Å². The number of nitrogens with zero attached hydrogens (tertiary/aromatic N) is 1. The number of hydrogen-bond acceptors (Lipinski definition) is 4. The number of carbonyl (C=O) groups excluding carboxylic acids is 1. The molecule has 1 aliphatic rings. The second-order valence-corrected chi connectivity index (χ2v) is 10.5. The first-order chi connectivity index (χ1) is 13.3. The highest BCUT2D eigenvalue weighted by Crippen LogP contribution is 2.48. The Morgan fingerprint density at radius 2 is 1.96 bits per heavy atom. The fourth-order valence-corrected chi connectivity index (χ4v) is 5.60. The van der Waals surface area contributed by atoms with Crippen LogP contribution in [0.15, 0.2) is 23.1 Å². The Balaban J connectivity index is 2.24. The Hall–Kier alpha value is -1.62. The van der Waals surface area contributed by atoms with Crippen LogP contribution < -0.4 is 4.74 Å². The molecule has 1 unspecified atom stereocenters. The van der Waals surface area contributed by atoms with Crippen molar-refractivity contribution in [2.75, 3.05) is 13.7 Å².